The lowest BCUT2D eigenvalue weighted by Gasteiger charge is -2.36. The minimum atomic E-state index is -4.05. The number of benzene rings is 1. The van der Waals surface area contributed by atoms with Crippen LogP contribution in [0.2, 0.25) is 5.15 Å². The van der Waals surface area contributed by atoms with Crippen LogP contribution in [0.1, 0.15) is 47.0 Å². The van der Waals surface area contributed by atoms with Crippen molar-refractivity contribution in [1.82, 2.24) is 19.5 Å². The molecule has 8 nitrogen and oxygen atoms in total. The summed E-state index contributed by atoms with van der Waals surface area (Å²) in [5.74, 6) is -2.13. The van der Waals surface area contributed by atoms with Gasteiger partial charge in [0.05, 0.1) is 0 Å². The van der Waals surface area contributed by atoms with Gasteiger partial charge in [-0.25, -0.2) is 27.7 Å². The van der Waals surface area contributed by atoms with Gasteiger partial charge in [0.25, 0.3) is 0 Å². The smallest absolute Gasteiger partial charge is 0.391 e. The summed E-state index contributed by atoms with van der Waals surface area (Å²) >= 11 is 5.92. The van der Waals surface area contributed by atoms with Crippen molar-refractivity contribution >= 4 is 21.6 Å². The summed E-state index contributed by atoms with van der Waals surface area (Å²) in [5.41, 5.74) is 2.43. The fourth-order valence-corrected chi connectivity index (χ4v) is 6.14. The number of hydrogen-bond acceptors (Lipinski definition) is 6. The van der Waals surface area contributed by atoms with Crippen LogP contribution in [-0.4, -0.2) is 34.4 Å². The molecule has 3 heterocycles. The van der Waals surface area contributed by atoms with Gasteiger partial charge in [0, 0.05) is 18.7 Å². The quantitative estimate of drug-likeness (QED) is 0.591. The Hall–Kier alpha value is -2.56. The van der Waals surface area contributed by atoms with Gasteiger partial charge < -0.3 is 4.42 Å². The molecule has 1 aliphatic rings. The minimum absolute atomic E-state index is 0.0136. The fourth-order valence-electron chi connectivity index (χ4n) is 4.12. The van der Waals surface area contributed by atoms with E-state index in [1.54, 1.807) is 19.9 Å². The summed E-state index contributed by atoms with van der Waals surface area (Å²) in [7, 11) is -4.05. The Labute approximate surface area is 183 Å². The summed E-state index contributed by atoms with van der Waals surface area (Å²) in [6.07, 6.45) is 1.57. The zero-order chi connectivity index (χ0) is 22.5. The van der Waals surface area contributed by atoms with Gasteiger partial charge in [-0.2, -0.15) is 4.31 Å². The van der Waals surface area contributed by atoms with Crippen LogP contribution in [0.3, 0.4) is 0 Å². The van der Waals surface area contributed by atoms with Crippen molar-refractivity contribution in [3.05, 3.63) is 74.1 Å². The second kappa shape index (κ2) is 7.85. The van der Waals surface area contributed by atoms with Crippen LogP contribution in [0, 0.1) is 19.7 Å². The molecule has 0 amide bonds. The summed E-state index contributed by atoms with van der Waals surface area (Å²) in [6, 6.07) is 3.47. The lowest BCUT2D eigenvalue weighted by molar-refractivity contribution is 0.236. The molecule has 0 bridgehead atoms. The van der Waals surface area contributed by atoms with Crippen LogP contribution < -0.4 is 5.76 Å². The van der Waals surface area contributed by atoms with E-state index in [4.69, 9.17) is 16.0 Å². The second-order valence-corrected chi connectivity index (χ2v) is 9.81. The van der Waals surface area contributed by atoms with Crippen molar-refractivity contribution in [2.75, 3.05) is 6.54 Å². The zero-order valence-electron chi connectivity index (χ0n) is 17.0. The van der Waals surface area contributed by atoms with Crippen LogP contribution in [0.25, 0.3) is 0 Å². The van der Waals surface area contributed by atoms with Crippen molar-refractivity contribution in [2.45, 2.75) is 44.0 Å². The first-order valence-electron chi connectivity index (χ1n) is 9.58. The van der Waals surface area contributed by atoms with Crippen LogP contribution in [0.5, 0.6) is 0 Å². The third-order valence-corrected chi connectivity index (χ3v) is 7.94. The molecule has 0 unspecified atom stereocenters. The molecule has 0 spiro atoms. The Balaban J connectivity index is 1.89. The van der Waals surface area contributed by atoms with Gasteiger partial charge in [-0.05, 0) is 54.7 Å². The average molecular weight is 467 g/mol. The lowest BCUT2D eigenvalue weighted by atomic mass is 9.87. The summed E-state index contributed by atoms with van der Waals surface area (Å²) in [5, 5.41) is 6.25. The Kier molecular flexibility index (Phi) is 5.48. The molecule has 164 valence electrons. The summed E-state index contributed by atoms with van der Waals surface area (Å²) < 4.78 is 48.2. The van der Waals surface area contributed by atoms with Gasteiger partial charge >= 0.3 is 5.76 Å². The lowest BCUT2D eigenvalue weighted by Crippen LogP contribution is -2.42. The predicted molar refractivity (Wildman–Crippen MR) is 111 cm³/mol. The number of nitrogens with zero attached hydrogens (tertiary/aromatic N) is 3. The van der Waals surface area contributed by atoms with Crippen molar-refractivity contribution in [2.24, 2.45) is 0 Å². The molecule has 0 saturated heterocycles. The van der Waals surface area contributed by atoms with E-state index in [2.05, 4.69) is 15.2 Å². The summed E-state index contributed by atoms with van der Waals surface area (Å²) in [6.45, 7) is 5.38. The number of aryl methyl sites for hydroxylation is 1. The van der Waals surface area contributed by atoms with Crippen molar-refractivity contribution in [3.63, 3.8) is 0 Å². The van der Waals surface area contributed by atoms with E-state index < -0.39 is 33.6 Å². The van der Waals surface area contributed by atoms with Crippen molar-refractivity contribution in [1.29, 1.82) is 0 Å². The molecule has 1 aliphatic heterocycles. The monoisotopic (exact) mass is 466 g/mol. The third-order valence-electron chi connectivity index (χ3n) is 5.78. The first-order chi connectivity index (χ1) is 14.6. The molecule has 2 atom stereocenters. The standard InChI is InChI=1S/C20H20ClFN4O4S/c1-10-4-5-14(22)17(11(10)2)12(3)18(19-24-25-20(27)30-19)26-7-6-13-8-16(21)23-9-15(13)31(26,28)29/h4-5,8-9,12,18H,6-7H2,1-3H3,(H,25,27)/t12-,18+/m1/s1. The minimum Gasteiger partial charge on any atom is -0.391 e. The molecule has 31 heavy (non-hydrogen) atoms. The molecule has 0 fully saturated rings. The molecule has 11 heteroatoms. The number of aromatic amines is 1. The largest absolute Gasteiger partial charge is 0.434 e. The van der Waals surface area contributed by atoms with E-state index in [-0.39, 0.29) is 22.5 Å². The van der Waals surface area contributed by atoms with Crippen LogP contribution in [0.4, 0.5) is 4.39 Å². The second-order valence-electron chi connectivity index (χ2n) is 7.57. The van der Waals surface area contributed by atoms with E-state index in [1.165, 1.54) is 22.6 Å². The molecule has 2 aromatic heterocycles. The number of halogens is 2. The molecule has 0 saturated carbocycles. The maximum absolute atomic E-state index is 14.9. The SMILES string of the molecule is Cc1ccc(F)c([C@@H](C)[C@@H](c2n[nH]c(=O)o2)N2CCc3cc(Cl)ncc3S2(=O)=O)c1C. The first kappa shape index (κ1) is 21.7. The highest BCUT2D eigenvalue weighted by Gasteiger charge is 2.43. The van der Waals surface area contributed by atoms with E-state index in [0.717, 1.165) is 5.56 Å². The number of sulfonamides is 1. The maximum Gasteiger partial charge on any atom is 0.434 e. The summed E-state index contributed by atoms with van der Waals surface area (Å²) in [4.78, 5) is 15.6. The highest BCUT2D eigenvalue weighted by molar-refractivity contribution is 7.89. The van der Waals surface area contributed by atoms with E-state index in [1.807, 2.05) is 6.92 Å². The van der Waals surface area contributed by atoms with E-state index in [9.17, 15) is 17.6 Å². The normalized spacial score (nSPS) is 17.8. The van der Waals surface area contributed by atoms with Gasteiger partial charge in [-0.1, -0.05) is 24.6 Å². The van der Waals surface area contributed by atoms with Gasteiger partial charge in [-0.15, -0.1) is 5.10 Å². The topological polar surface area (TPSA) is 109 Å². The average Bonchev–Trinajstić information content (AvgIpc) is 3.12. The number of rotatable bonds is 4. The van der Waals surface area contributed by atoms with Crippen LogP contribution >= 0.6 is 11.6 Å². The number of hydrogen-bond donors (Lipinski definition) is 1. The van der Waals surface area contributed by atoms with E-state index in [0.29, 0.717) is 23.1 Å². The molecule has 4 rings (SSSR count). The zero-order valence-corrected chi connectivity index (χ0v) is 18.6. The Bertz CT molecular complexity index is 1320. The fraction of sp³-hybridized carbons (Fsp3) is 0.350. The van der Waals surface area contributed by atoms with Gasteiger partial charge in [0.1, 0.15) is 21.9 Å². The van der Waals surface area contributed by atoms with Crippen LogP contribution in [-0.2, 0) is 16.4 Å². The highest BCUT2D eigenvalue weighted by Crippen LogP contribution is 2.42. The highest BCUT2D eigenvalue weighted by atomic mass is 35.5. The van der Waals surface area contributed by atoms with Gasteiger partial charge in [0.2, 0.25) is 15.9 Å². The van der Waals surface area contributed by atoms with Gasteiger partial charge in [-0.3, -0.25) is 0 Å². The molecular formula is C20H20ClFN4O4S. The third kappa shape index (κ3) is 3.68. The molecule has 3 aromatic rings. The van der Waals surface area contributed by atoms with Crippen molar-refractivity contribution in [3.8, 4) is 0 Å². The van der Waals surface area contributed by atoms with Gasteiger partial charge in [0.15, 0.2) is 0 Å². The Morgan fingerprint density at radius 2 is 2.06 bits per heavy atom. The number of pyridine rings is 1. The van der Waals surface area contributed by atoms with Crippen LogP contribution in [0.15, 0.2) is 38.5 Å². The number of aromatic nitrogens is 3. The number of fused-ring (bicyclic) bond motifs is 1. The first-order valence-corrected chi connectivity index (χ1v) is 11.4. The Morgan fingerprint density at radius 3 is 2.74 bits per heavy atom. The molecule has 1 N–H and O–H groups in total. The molecular weight excluding hydrogens is 447 g/mol. The van der Waals surface area contributed by atoms with Crippen molar-refractivity contribution < 1.29 is 17.2 Å². The molecule has 0 radical (unpaired) electrons. The Morgan fingerprint density at radius 1 is 1.32 bits per heavy atom. The predicted octanol–water partition coefficient (Wildman–Crippen LogP) is 3.26. The molecule has 0 aliphatic carbocycles. The number of H-pyrrole nitrogens is 1. The maximum atomic E-state index is 14.9. The number of nitrogens with one attached hydrogen (secondary N) is 1. The van der Waals surface area contributed by atoms with E-state index >= 15 is 0 Å². The molecule has 1 aromatic carbocycles.